The number of rotatable bonds is 5. The lowest BCUT2D eigenvalue weighted by molar-refractivity contribution is -0.114. The number of anilines is 3. The van der Waals surface area contributed by atoms with Gasteiger partial charge in [-0.05, 0) is 63.3 Å². The molecule has 3 N–H and O–H groups in total. The van der Waals surface area contributed by atoms with Gasteiger partial charge in [0.1, 0.15) is 11.6 Å². The molecule has 30 heavy (non-hydrogen) atoms. The summed E-state index contributed by atoms with van der Waals surface area (Å²) in [6.45, 7) is 2.89. The van der Waals surface area contributed by atoms with E-state index >= 15 is 0 Å². The zero-order valence-corrected chi connectivity index (χ0v) is 17.4. The molecule has 8 heteroatoms. The van der Waals surface area contributed by atoms with Gasteiger partial charge in [-0.1, -0.05) is 0 Å². The lowest BCUT2D eigenvalue weighted by Gasteiger charge is -2.36. The Morgan fingerprint density at radius 1 is 1.07 bits per heavy atom. The number of benzene rings is 2. The molecule has 3 rings (SSSR count). The normalized spacial score (nSPS) is 14.6. The minimum atomic E-state index is -0.598. The van der Waals surface area contributed by atoms with E-state index in [4.69, 9.17) is 0 Å². The molecule has 1 saturated heterocycles. The Balaban J connectivity index is 1.70. The van der Waals surface area contributed by atoms with Crippen LogP contribution in [0.5, 0.6) is 5.75 Å². The monoisotopic (exact) mass is 414 g/mol. The van der Waals surface area contributed by atoms with Crippen LogP contribution in [0.3, 0.4) is 0 Å². The van der Waals surface area contributed by atoms with Gasteiger partial charge in [-0.2, -0.15) is 0 Å². The van der Waals surface area contributed by atoms with E-state index in [0.717, 1.165) is 25.9 Å². The van der Waals surface area contributed by atoms with E-state index < -0.39 is 11.7 Å². The van der Waals surface area contributed by atoms with Crippen LogP contribution in [-0.4, -0.2) is 55.0 Å². The molecule has 1 aliphatic rings. The summed E-state index contributed by atoms with van der Waals surface area (Å²) in [5.41, 5.74) is 1.17. The van der Waals surface area contributed by atoms with Crippen molar-refractivity contribution in [1.29, 1.82) is 0 Å². The largest absolute Gasteiger partial charge is 0.507 e. The van der Waals surface area contributed by atoms with Crippen molar-refractivity contribution < 1.29 is 19.1 Å². The summed E-state index contributed by atoms with van der Waals surface area (Å²) in [6.07, 6.45) is 1.93. The number of aromatic hydroxyl groups is 1. The van der Waals surface area contributed by atoms with Crippen molar-refractivity contribution in [2.45, 2.75) is 25.8 Å². The Morgan fingerprint density at radius 2 is 1.70 bits per heavy atom. The highest BCUT2D eigenvalue weighted by Gasteiger charge is 2.23. The van der Waals surface area contributed by atoms with Crippen LogP contribution in [0, 0.1) is 5.82 Å². The molecular formula is C22H27FN4O3. The van der Waals surface area contributed by atoms with Crippen LogP contribution in [-0.2, 0) is 4.79 Å². The van der Waals surface area contributed by atoms with Crippen LogP contribution < -0.4 is 15.5 Å². The van der Waals surface area contributed by atoms with Gasteiger partial charge in [-0.3, -0.25) is 9.59 Å². The summed E-state index contributed by atoms with van der Waals surface area (Å²) in [7, 11) is 4.12. The molecule has 0 radical (unpaired) electrons. The van der Waals surface area contributed by atoms with Crippen LogP contribution in [0.2, 0.25) is 0 Å². The minimum absolute atomic E-state index is 0.0171. The molecule has 1 fully saturated rings. The first-order valence-electron chi connectivity index (χ1n) is 9.87. The van der Waals surface area contributed by atoms with Crippen molar-refractivity contribution in [2.75, 3.05) is 42.7 Å². The third-order valence-corrected chi connectivity index (χ3v) is 5.30. The number of amides is 2. The van der Waals surface area contributed by atoms with Crippen molar-refractivity contribution in [2.24, 2.45) is 0 Å². The van der Waals surface area contributed by atoms with Gasteiger partial charge in [0.2, 0.25) is 5.91 Å². The average Bonchev–Trinajstić information content (AvgIpc) is 2.69. The van der Waals surface area contributed by atoms with E-state index in [9.17, 15) is 19.1 Å². The number of phenols is 1. The smallest absolute Gasteiger partial charge is 0.259 e. The van der Waals surface area contributed by atoms with E-state index in [2.05, 4.69) is 29.6 Å². The van der Waals surface area contributed by atoms with Crippen LogP contribution >= 0.6 is 0 Å². The van der Waals surface area contributed by atoms with Gasteiger partial charge < -0.3 is 25.5 Å². The Labute approximate surface area is 175 Å². The highest BCUT2D eigenvalue weighted by Crippen LogP contribution is 2.28. The molecule has 0 unspecified atom stereocenters. The molecule has 0 atom stereocenters. The minimum Gasteiger partial charge on any atom is -0.507 e. The molecule has 0 spiro atoms. The number of nitrogens with one attached hydrogen (secondary N) is 2. The zero-order chi connectivity index (χ0) is 21.8. The molecule has 2 amide bonds. The van der Waals surface area contributed by atoms with Crippen LogP contribution in [0.25, 0.3) is 0 Å². The third-order valence-electron chi connectivity index (χ3n) is 5.30. The maximum Gasteiger partial charge on any atom is 0.259 e. The molecule has 1 heterocycles. The van der Waals surface area contributed by atoms with E-state index in [1.807, 2.05) is 4.90 Å². The summed E-state index contributed by atoms with van der Waals surface area (Å²) in [5, 5.41) is 15.1. The van der Waals surface area contributed by atoms with E-state index in [1.165, 1.54) is 31.2 Å². The fraction of sp³-hybridized carbons (Fsp3) is 0.364. The van der Waals surface area contributed by atoms with E-state index in [1.54, 1.807) is 12.1 Å². The number of carbonyl (C=O) groups is 2. The molecule has 7 nitrogen and oxygen atoms in total. The molecule has 0 aliphatic carbocycles. The summed E-state index contributed by atoms with van der Waals surface area (Å²) in [5.74, 6) is -1.53. The quantitative estimate of drug-likeness (QED) is 0.654. The van der Waals surface area contributed by atoms with Gasteiger partial charge in [-0.25, -0.2) is 4.39 Å². The Kier molecular flexibility index (Phi) is 6.56. The standard InChI is InChI=1S/C22H27FN4O3/c1-14(28)24-15-5-7-21(29)18(12-15)22(30)25-16-4-6-20(19(23)13-16)27-10-8-17(9-11-27)26(2)3/h4-7,12-13,17,29H,8-11H2,1-3H3,(H,24,28)(H,25,30). The van der Waals surface area contributed by atoms with Crippen molar-refractivity contribution >= 4 is 28.9 Å². The van der Waals surface area contributed by atoms with Gasteiger partial charge in [0.15, 0.2) is 0 Å². The first kappa shape index (κ1) is 21.6. The van der Waals surface area contributed by atoms with Crippen molar-refractivity contribution in [1.82, 2.24) is 4.90 Å². The van der Waals surface area contributed by atoms with E-state index in [-0.39, 0.29) is 22.9 Å². The molecule has 160 valence electrons. The molecule has 2 aromatic carbocycles. The first-order chi connectivity index (χ1) is 14.2. The number of phenolic OH excluding ortho intramolecular Hbond substituents is 1. The second kappa shape index (κ2) is 9.13. The second-order valence-corrected chi connectivity index (χ2v) is 7.72. The lowest BCUT2D eigenvalue weighted by Crippen LogP contribution is -2.42. The van der Waals surface area contributed by atoms with Gasteiger partial charge in [0.25, 0.3) is 5.91 Å². The number of carbonyl (C=O) groups excluding carboxylic acids is 2. The van der Waals surface area contributed by atoms with Gasteiger partial charge in [0, 0.05) is 37.4 Å². The Morgan fingerprint density at radius 3 is 2.30 bits per heavy atom. The molecule has 0 aromatic heterocycles. The summed E-state index contributed by atoms with van der Waals surface area (Å²) >= 11 is 0. The number of halogens is 1. The highest BCUT2D eigenvalue weighted by atomic mass is 19.1. The van der Waals surface area contributed by atoms with Gasteiger partial charge in [-0.15, -0.1) is 0 Å². The number of hydrogen-bond acceptors (Lipinski definition) is 5. The SMILES string of the molecule is CC(=O)Nc1ccc(O)c(C(=O)Nc2ccc(N3CCC(N(C)C)CC3)c(F)c2)c1. The summed E-state index contributed by atoms with van der Waals surface area (Å²) < 4.78 is 14.7. The number of nitrogens with zero attached hydrogens (tertiary/aromatic N) is 2. The van der Waals surface area contributed by atoms with Crippen molar-refractivity contribution in [3.8, 4) is 5.75 Å². The Hall–Kier alpha value is -3.13. The molecule has 0 saturated carbocycles. The number of piperidine rings is 1. The molecule has 2 aromatic rings. The maximum absolute atomic E-state index is 14.7. The van der Waals surface area contributed by atoms with Crippen LogP contribution in [0.1, 0.15) is 30.1 Å². The van der Waals surface area contributed by atoms with Gasteiger partial charge >= 0.3 is 0 Å². The highest BCUT2D eigenvalue weighted by molar-refractivity contribution is 6.07. The maximum atomic E-state index is 14.7. The molecule has 0 bridgehead atoms. The van der Waals surface area contributed by atoms with Crippen molar-refractivity contribution in [3.63, 3.8) is 0 Å². The molecular weight excluding hydrogens is 387 g/mol. The second-order valence-electron chi connectivity index (χ2n) is 7.72. The van der Waals surface area contributed by atoms with Crippen LogP contribution in [0.15, 0.2) is 36.4 Å². The first-order valence-corrected chi connectivity index (χ1v) is 9.87. The summed E-state index contributed by atoms with van der Waals surface area (Å²) in [4.78, 5) is 28.0. The predicted molar refractivity (Wildman–Crippen MR) is 116 cm³/mol. The fourth-order valence-electron chi connectivity index (χ4n) is 3.66. The number of hydrogen-bond donors (Lipinski definition) is 3. The zero-order valence-electron chi connectivity index (χ0n) is 17.4. The lowest BCUT2D eigenvalue weighted by atomic mass is 10.0. The van der Waals surface area contributed by atoms with Crippen LogP contribution in [0.4, 0.5) is 21.5 Å². The fourth-order valence-corrected chi connectivity index (χ4v) is 3.66. The van der Waals surface area contributed by atoms with E-state index in [0.29, 0.717) is 17.4 Å². The average molecular weight is 414 g/mol. The topological polar surface area (TPSA) is 84.9 Å². The third kappa shape index (κ3) is 5.07. The Bertz CT molecular complexity index is 940. The predicted octanol–water partition coefficient (Wildman–Crippen LogP) is 3.27. The summed E-state index contributed by atoms with van der Waals surface area (Å²) in [6, 6.07) is 9.26. The molecule has 1 aliphatic heterocycles. The van der Waals surface area contributed by atoms with Crippen molar-refractivity contribution in [3.05, 3.63) is 47.8 Å². The van der Waals surface area contributed by atoms with Gasteiger partial charge in [0.05, 0.1) is 11.3 Å².